The Morgan fingerprint density at radius 2 is 1.90 bits per heavy atom. The molecule has 5 heteroatoms. The van der Waals surface area contributed by atoms with Crippen molar-refractivity contribution < 1.29 is 19.4 Å². The van der Waals surface area contributed by atoms with Gasteiger partial charge in [0.05, 0.1) is 5.41 Å². The van der Waals surface area contributed by atoms with Gasteiger partial charge in [0.2, 0.25) is 0 Å². The molecule has 2 N–H and O–H groups in total. The van der Waals surface area contributed by atoms with Gasteiger partial charge in [0.15, 0.2) is 0 Å². The summed E-state index contributed by atoms with van der Waals surface area (Å²) in [6, 6.07) is 0. The van der Waals surface area contributed by atoms with E-state index in [0.717, 1.165) is 19.3 Å². The lowest BCUT2D eigenvalue weighted by Crippen LogP contribution is -2.46. The van der Waals surface area contributed by atoms with Crippen LogP contribution in [0, 0.1) is 11.3 Å². The first kappa shape index (κ1) is 17.8. The van der Waals surface area contributed by atoms with E-state index >= 15 is 0 Å². The van der Waals surface area contributed by atoms with Crippen LogP contribution >= 0.6 is 0 Å². The van der Waals surface area contributed by atoms with Crippen LogP contribution in [-0.4, -0.2) is 29.3 Å². The van der Waals surface area contributed by atoms with Crippen molar-refractivity contribution in [2.45, 2.75) is 71.8 Å². The Kier molecular flexibility index (Phi) is 6.05. The minimum Gasteiger partial charge on any atom is -0.481 e. The minimum atomic E-state index is -0.864. The third-order valence-corrected chi connectivity index (χ3v) is 4.06. The normalized spacial score (nSPS) is 18.5. The van der Waals surface area contributed by atoms with Gasteiger partial charge in [-0.3, -0.25) is 4.79 Å². The molecule has 0 heterocycles. The topological polar surface area (TPSA) is 75.6 Å². The van der Waals surface area contributed by atoms with Gasteiger partial charge >= 0.3 is 12.1 Å². The van der Waals surface area contributed by atoms with Crippen molar-refractivity contribution >= 4 is 12.1 Å². The average molecular weight is 299 g/mol. The van der Waals surface area contributed by atoms with Gasteiger partial charge in [-0.1, -0.05) is 32.6 Å². The minimum absolute atomic E-state index is 0.140. The summed E-state index contributed by atoms with van der Waals surface area (Å²) in [4.78, 5) is 23.6. The molecule has 0 aromatic rings. The van der Waals surface area contributed by atoms with Crippen LogP contribution in [0.1, 0.15) is 66.2 Å². The number of rotatable bonds is 7. The van der Waals surface area contributed by atoms with Crippen molar-refractivity contribution in [2.75, 3.05) is 6.54 Å². The van der Waals surface area contributed by atoms with Crippen LogP contribution < -0.4 is 5.32 Å². The molecule has 0 aromatic carbocycles. The molecule has 0 spiro atoms. The van der Waals surface area contributed by atoms with Crippen LogP contribution in [0.25, 0.3) is 0 Å². The molecule has 1 amide bonds. The Morgan fingerprint density at radius 1 is 1.29 bits per heavy atom. The highest BCUT2D eigenvalue weighted by Crippen LogP contribution is 2.40. The number of alkyl carbamates (subject to hydrolysis) is 1. The van der Waals surface area contributed by atoms with Crippen molar-refractivity contribution in [1.82, 2.24) is 5.32 Å². The van der Waals surface area contributed by atoms with Gasteiger partial charge in [-0.05, 0) is 39.5 Å². The smallest absolute Gasteiger partial charge is 0.407 e. The van der Waals surface area contributed by atoms with E-state index in [1.807, 2.05) is 6.92 Å². The van der Waals surface area contributed by atoms with Crippen molar-refractivity contribution in [2.24, 2.45) is 11.3 Å². The Morgan fingerprint density at radius 3 is 2.29 bits per heavy atom. The Balaban J connectivity index is 2.66. The molecule has 1 aliphatic carbocycles. The first-order chi connectivity index (χ1) is 9.68. The van der Waals surface area contributed by atoms with Crippen LogP contribution in [0.2, 0.25) is 0 Å². The van der Waals surface area contributed by atoms with Gasteiger partial charge < -0.3 is 15.2 Å². The molecule has 1 saturated carbocycles. The molecule has 122 valence electrons. The van der Waals surface area contributed by atoms with Gasteiger partial charge in [-0.2, -0.15) is 0 Å². The lowest BCUT2D eigenvalue weighted by Gasteiger charge is -2.36. The summed E-state index contributed by atoms with van der Waals surface area (Å²) >= 11 is 0. The van der Waals surface area contributed by atoms with Gasteiger partial charge in [0.25, 0.3) is 0 Å². The molecular weight excluding hydrogens is 270 g/mol. The van der Waals surface area contributed by atoms with Crippen LogP contribution in [0.4, 0.5) is 4.79 Å². The van der Waals surface area contributed by atoms with Crippen LogP contribution in [0.5, 0.6) is 0 Å². The van der Waals surface area contributed by atoms with Crippen molar-refractivity contribution in [3.05, 3.63) is 0 Å². The number of hydrogen-bond donors (Lipinski definition) is 2. The second-order valence-electron chi connectivity index (χ2n) is 7.19. The second-order valence-corrected chi connectivity index (χ2v) is 7.19. The molecular formula is C16H29NO4. The number of ether oxygens (including phenoxy) is 1. The van der Waals surface area contributed by atoms with E-state index in [0.29, 0.717) is 18.8 Å². The first-order valence-corrected chi connectivity index (χ1v) is 7.89. The molecule has 1 fully saturated rings. The molecule has 1 aliphatic rings. The largest absolute Gasteiger partial charge is 0.481 e. The molecule has 0 aliphatic heterocycles. The SMILES string of the molecule is CCCC(CNC(=O)OC(C)(C)C)(CC1CCC1)C(=O)O. The molecule has 0 saturated heterocycles. The molecule has 1 atom stereocenters. The third kappa shape index (κ3) is 5.56. The standard InChI is InChI=1S/C16H29NO4/c1-5-9-16(13(18)19,10-12-7-6-8-12)11-17-14(20)21-15(2,3)4/h12H,5-11H2,1-4H3,(H,17,20)(H,18,19). The maximum absolute atomic E-state index is 11.8. The maximum atomic E-state index is 11.8. The quantitative estimate of drug-likeness (QED) is 0.753. The van der Waals surface area contributed by atoms with E-state index in [1.54, 1.807) is 20.8 Å². The fraction of sp³-hybridized carbons (Fsp3) is 0.875. The zero-order chi connectivity index (χ0) is 16.1. The average Bonchev–Trinajstić information content (AvgIpc) is 2.28. The highest BCUT2D eigenvalue weighted by Gasteiger charge is 2.41. The Labute approximate surface area is 127 Å². The van der Waals surface area contributed by atoms with Gasteiger partial charge in [-0.15, -0.1) is 0 Å². The molecule has 21 heavy (non-hydrogen) atoms. The lowest BCUT2D eigenvalue weighted by molar-refractivity contribution is -0.151. The zero-order valence-corrected chi connectivity index (χ0v) is 13.7. The summed E-state index contributed by atoms with van der Waals surface area (Å²) in [6.45, 7) is 7.49. The monoisotopic (exact) mass is 299 g/mol. The molecule has 0 aromatic heterocycles. The highest BCUT2D eigenvalue weighted by molar-refractivity contribution is 5.76. The third-order valence-electron chi connectivity index (χ3n) is 4.06. The summed E-state index contributed by atoms with van der Waals surface area (Å²) in [5.74, 6) is -0.333. The summed E-state index contributed by atoms with van der Waals surface area (Å²) in [7, 11) is 0. The number of carboxylic acids is 1. The number of carboxylic acid groups (broad SMARTS) is 1. The summed E-state index contributed by atoms with van der Waals surface area (Å²) < 4.78 is 5.19. The van der Waals surface area contributed by atoms with Crippen LogP contribution in [0.3, 0.4) is 0 Å². The number of hydrogen-bond acceptors (Lipinski definition) is 3. The Hall–Kier alpha value is -1.26. The van der Waals surface area contributed by atoms with Crippen molar-refractivity contribution in [3.8, 4) is 0 Å². The van der Waals surface area contributed by atoms with E-state index in [1.165, 1.54) is 6.42 Å². The van der Waals surface area contributed by atoms with E-state index in [4.69, 9.17) is 4.74 Å². The predicted molar refractivity (Wildman–Crippen MR) is 81.2 cm³/mol. The molecule has 0 bridgehead atoms. The number of nitrogens with one attached hydrogen (secondary N) is 1. The fourth-order valence-electron chi connectivity index (χ4n) is 2.82. The lowest BCUT2D eigenvalue weighted by atomic mass is 9.69. The molecule has 1 rings (SSSR count). The van der Waals surface area contributed by atoms with Gasteiger partial charge in [0, 0.05) is 6.54 Å². The first-order valence-electron chi connectivity index (χ1n) is 7.89. The number of aliphatic carboxylic acids is 1. The number of carbonyl (C=O) groups excluding carboxylic acids is 1. The van der Waals surface area contributed by atoms with Crippen molar-refractivity contribution in [1.29, 1.82) is 0 Å². The number of carbonyl (C=O) groups is 2. The zero-order valence-electron chi connectivity index (χ0n) is 13.7. The van der Waals surface area contributed by atoms with Gasteiger partial charge in [-0.25, -0.2) is 4.79 Å². The van der Waals surface area contributed by atoms with Crippen LogP contribution in [0.15, 0.2) is 0 Å². The Bertz CT molecular complexity index is 371. The van der Waals surface area contributed by atoms with E-state index < -0.39 is 23.1 Å². The summed E-state index contributed by atoms with van der Waals surface area (Å²) in [6.07, 6.45) is 4.86. The van der Waals surface area contributed by atoms with Crippen LogP contribution in [-0.2, 0) is 9.53 Å². The molecule has 1 unspecified atom stereocenters. The van der Waals surface area contributed by atoms with E-state index in [-0.39, 0.29) is 6.54 Å². The summed E-state index contributed by atoms with van der Waals surface area (Å²) in [5, 5.41) is 12.3. The number of amides is 1. The van der Waals surface area contributed by atoms with Crippen molar-refractivity contribution in [3.63, 3.8) is 0 Å². The van der Waals surface area contributed by atoms with Gasteiger partial charge in [0.1, 0.15) is 5.60 Å². The summed E-state index contributed by atoms with van der Waals surface area (Å²) in [5.41, 5.74) is -1.44. The van der Waals surface area contributed by atoms with E-state index in [2.05, 4.69) is 5.32 Å². The molecule has 5 nitrogen and oxygen atoms in total. The fourth-order valence-corrected chi connectivity index (χ4v) is 2.82. The second kappa shape index (κ2) is 7.14. The highest BCUT2D eigenvalue weighted by atomic mass is 16.6. The van der Waals surface area contributed by atoms with E-state index in [9.17, 15) is 14.7 Å². The maximum Gasteiger partial charge on any atom is 0.407 e. The molecule has 0 radical (unpaired) electrons. The predicted octanol–water partition coefficient (Wildman–Crippen LogP) is 3.57.